The first-order chi connectivity index (χ1) is 12.7. The van der Waals surface area contributed by atoms with Gasteiger partial charge in [-0.1, -0.05) is 30.3 Å². The van der Waals surface area contributed by atoms with Crippen LogP contribution < -0.4 is 14.8 Å². The van der Waals surface area contributed by atoms with E-state index in [1.807, 2.05) is 44.2 Å². The van der Waals surface area contributed by atoms with Crippen molar-refractivity contribution in [3.63, 3.8) is 0 Å². The number of hydrogen-bond acceptors (Lipinski definition) is 4. The number of carbonyl (C=O) groups excluding carboxylic acids is 1. The zero-order valence-corrected chi connectivity index (χ0v) is 16.8. The molecule has 0 aliphatic heterocycles. The molecule has 0 aromatic heterocycles. The molecule has 0 fully saturated rings. The van der Waals surface area contributed by atoms with Gasteiger partial charge in [0.2, 0.25) is 15.9 Å². The molecule has 7 heteroatoms. The highest BCUT2D eigenvalue weighted by Crippen LogP contribution is 2.22. The standard InChI is InChI=1S/C20H26N2O4S/c1-5-26-19-12-11-18(13-14(19)2)27(24,25)22-16(4)20(23)21-15(3)17-9-7-6-8-10-17/h6-13,15-16,22H,5H2,1-4H3,(H,21,23)/t15-,16-/m1/s1. The van der Waals surface area contributed by atoms with Gasteiger partial charge in [-0.2, -0.15) is 4.72 Å². The van der Waals surface area contributed by atoms with Gasteiger partial charge in [-0.25, -0.2) is 8.42 Å². The molecule has 0 saturated carbocycles. The Morgan fingerprint density at radius 2 is 1.78 bits per heavy atom. The predicted octanol–water partition coefficient (Wildman–Crippen LogP) is 2.94. The van der Waals surface area contributed by atoms with Crippen molar-refractivity contribution in [3.05, 3.63) is 59.7 Å². The summed E-state index contributed by atoms with van der Waals surface area (Å²) in [4.78, 5) is 12.5. The highest BCUT2D eigenvalue weighted by Gasteiger charge is 2.23. The number of carbonyl (C=O) groups is 1. The minimum absolute atomic E-state index is 0.0965. The zero-order chi connectivity index (χ0) is 20.0. The first kappa shape index (κ1) is 20.9. The first-order valence-electron chi connectivity index (χ1n) is 8.85. The van der Waals surface area contributed by atoms with Crippen LogP contribution in [0, 0.1) is 6.92 Å². The summed E-state index contributed by atoms with van der Waals surface area (Å²) in [7, 11) is -3.83. The van der Waals surface area contributed by atoms with E-state index in [0.29, 0.717) is 12.4 Å². The maximum absolute atomic E-state index is 12.6. The number of amides is 1. The van der Waals surface area contributed by atoms with E-state index in [4.69, 9.17) is 4.74 Å². The van der Waals surface area contributed by atoms with Crippen LogP contribution in [-0.4, -0.2) is 27.0 Å². The molecule has 27 heavy (non-hydrogen) atoms. The minimum Gasteiger partial charge on any atom is -0.494 e. The van der Waals surface area contributed by atoms with Crippen molar-refractivity contribution in [2.45, 2.75) is 44.7 Å². The molecule has 0 heterocycles. The number of sulfonamides is 1. The summed E-state index contributed by atoms with van der Waals surface area (Å²) >= 11 is 0. The lowest BCUT2D eigenvalue weighted by molar-refractivity contribution is -0.123. The van der Waals surface area contributed by atoms with Crippen molar-refractivity contribution in [1.29, 1.82) is 0 Å². The molecule has 2 aromatic carbocycles. The molecule has 0 unspecified atom stereocenters. The van der Waals surface area contributed by atoms with Gasteiger partial charge in [-0.15, -0.1) is 0 Å². The fourth-order valence-corrected chi connectivity index (χ4v) is 3.91. The second kappa shape index (κ2) is 9.01. The molecule has 146 valence electrons. The lowest BCUT2D eigenvalue weighted by atomic mass is 10.1. The van der Waals surface area contributed by atoms with Crippen molar-refractivity contribution in [3.8, 4) is 5.75 Å². The summed E-state index contributed by atoms with van der Waals surface area (Å²) in [6.45, 7) is 7.52. The SMILES string of the molecule is CCOc1ccc(S(=O)(=O)N[C@H](C)C(=O)N[C@H](C)c2ccccc2)cc1C. The van der Waals surface area contributed by atoms with Crippen LogP contribution >= 0.6 is 0 Å². The molecule has 2 aromatic rings. The number of ether oxygens (including phenoxy) is 1. The number of rotatable bonds is 8. The van der Waals surface area contributed by atoms with Gasteiger partial charge >= 0.3 is 0 Å². The molecule has 2 N–H and O–H groups in total. The van der Waals surface area contributed by atoms with Gasteiger partial charge < -0.3 is 10.1 Å². The van der Waals surface area contributed by atoms with Gasteiger partial charge in [0.1, 0.15) is 5.75 Å². The van der Waals surface area contributed by atoms with Crippen LogP contribution in [0.2, 0.25) is 0 Å². The van der Waals surface area contributed by atoms with Crippen LogP contribution in [0.1, 0.15) is 37.9 Å². The maximum atomic E-state index is 12.6. The molecular formula is C20H26N2O4S. The van der Waals surface area contributed by atoms with Gasteiger partial charge in [0.05, 0.1) is 23.6 Å². The fourth-order valence-electron chi connectivity index (χ4n) is 2.62. The van der Waals surface area contributed by atoms with Gasteiger partial charge in [0, 0.05) is 0 Å². The molecule has 2 atom stereocenters. The molecule has 1 amide bonds. The molecule has 0 radical (unpaired) electrons. The summed E-state index contributed by atoms with van der Waals surface area (Å²) in [5.41, 5.74) is 1.66. The van der Waals surface area contributed by atoms with E-state index < -0.39 is 22.0 Å². The Hall–Kier alpha value is -2.38. The van der Waals surface area contributed by atoms with Gasteiger partial charge in [0.15, 0.2) is 0 Å². The van der Waals surface area contributed by atoms with E-state index in [0.717, 1.165) is 11.1 Å². The van der Waals surface area contributed by atoms with E-state index in [-0.39, 0.29) is 10.9 Å². The van der Waals surface area contributed by atoms with Crippen molar-refractivity contribution >= 4 is 15.9 Å². The molecule has 0 bridgehead atoms. The third-order valence-electron chi connectivity index (χ3n) is 4.14. The molecule has 0 aliphatic carbocycles. The molecule has 0 aliphatic rings. The number of benzene rings is 2. The van der Waals surface area contributed by atoms with Crippen molar-refractivity contribution in [1.82, 2.24) is 10.0 Å². The Morgan fingerprint density at radius 3 is 2.37 bits per heavy atom. The second-order valence-electron chi connectivity index (χ2n) is 6.34. The quantitative estimate of drug-likeness (QED) is 0.726. The third kappa shape index (κ3) is 5.55. The van der Waals surface area contributed by atoms with E-state index in [1.165, 1.54) is 19.1 Å². The van der Waals surface area contributed by atoms with E-state index >= 15 is 0 Å². The lowest BCUT2D eigenvalue weighted by Gasteiger charge is -2.19. The molecule has 0 saturated heterocycles. The monoisotopic (exact) mass is 390 g/mol. The Labute approximate surface area is 161 Å². The zero-order valence-electron chi connectivity index (χ0n) is 16.0. The average molecular weight is 391 g/mol. The Morgan fingerprint density at radius 1 is 1.11 bits per heavy atom. The van der Waals surface area contributed by atoms with Crippen LogP contribution in [0.15, 0.2) is 53.4 Å². The van der Waals surface area contributed by atoms with Crippen LogP contribution in [0.4, 0.5) is 0 Å². The first-order valence-corrected chi connectivity index (χ1v) is 10.3. The van der Waals surface area contributed by atoms with E-state index in [2.05, 4.69) is 10.0 Å². The van der Waals surface area contributed by atoms with Crippen molar-refractivity contribution < 1.29 is 17.9 Å². The molecular weight excluding hydrogens is 364 g/mol. The smallest absolute Gasteiger partial charge is 0.241 e. The molecule has 2 rings (SSSR count). The van der Waals surface area contributed by atoms with Gasteiger partial charge in [-0.05, 0) is 57.0 Å². The fraction of sp³-hybridized carbons (Fsp3) is 0.350. The summed E-state index contributed by atoms with van der Waals surface area (Å²) in [6, 6.07) is 13.0. The van der Waals surface area contributed by atoms with Crippen LogP contribution in [0.25, 0.3) is 0 Å². The van der Waals surface area contributed by atoms with E-state index in [9.17, 15) is 13.2 Å². The lowest BCUT2D eigenvalue weighted by Crippen LogP contribution is -2.45. The topological polar surface area (TPSA) is 84.5 Å². The summed E-state index contributed by atoms with van der Waals surface area (Å²) < 4.78 is 33.0. The number of nitrogens with one attached hydrogen (secondary N) is 2. The molecule has 6 nitrogen and oxygen atoms in total. The van der Waals surface area contributed by atoms with Crippen molar-refractivity contribution in [2.24, 2.45) is 0 Å². The highest BCUT2D eigenvalue weighted by atomic mass is 32.2. The van der Waals surface area contributed by atoms with Crippen LogP contribution in [0.5, 0.6) is 5.75 Å². The number of aryl methyl sites for hydroxylation is 1. The van der Waals surface area contributed by atoms with Crippen LogP contribution in [-0.2, 0) is 14.8 Å². The van der Waals surface area contributed by atoms with Crippen LogP contribution in [0.3, 0.4) is 0 Å². The molecule has 0 spiro atoms. The second-order valence-corrected chi connectivity index (χ2v) is 8.06. The largest absolute Gasteiger partial charge is 0.494 e. The average Bonchev–Trinajstić information content (AvgIpc) is 2.63. The van der Waals surface area contributed by atoms with Gasteiger partial charge in [-0.3, -0.25) is 4.79 Å². The normalized spacial score (nSPS) is 13.6. The Kier molecular flexibility index (Phi) is 6.98. The maximum Gasteiger partial charge on any atom is 0.241 e. The number of hydrogen-bond donors (Lipinski definition) is 2. The Balaban J connectivity index is 2.05. The van der Waals surface area contributed by atoms with Crippen molar-refractivity contribution in [2.75, 3.05) is 6.61 Å². The summed E-state index contributed by atoms with van der Waals surface area (Å²) in [5.74, 6) is 0.247. The minimum atomic E-state index is -3.83. The van der Waals surface area contributed by atoms with Gasteiger partial charge in [0.25, 0.3) is 0 Å². The Bertz CT molecular complexity index is 882. The highest BCUT2D eigenvalue weighted by molar-refractivity contribution is 7.89. The summed E-state index contributed by atoms with van der Waals surface area (Å²) in [6.07, 6.45) is 0. The summed E-state index contributed by atoms with van der Waals surface area (Å²) in [5, 5.41) is 2.82. The van der Waals surface area contributed by atoms with E-state index in [1.54, 1.807) is 13.0 Å². The third-order valence-corrected chi connectivity index (χ3v) is 5.68. The predicted molar refractivity (Wildman–Crippen MR) is 105 cm³/mol.